The lowest BCUT2D eigenvalue weighted by atomic mass is 10.0. The van der Waals surface area contributed by atoms with Crippen LogP contribution in [0.2, 0.25) is 0 Å². The minimum Gasteiger partial charge on any atom is -0.361 e. The molecule has 7 heteroatoms. The summed E-state index contributed by atoms with van der Waals surface area (Å²) in [5, 5.41) is 11.0. The van der Waals surface area contributed by atoms with Crippen molar-refractivity contribution < 1.29 is 4.52 Å². The summed E-state index contributed by atoms with van der Waals surface area (Å²) in [7, 11) is 1.83. The first-order valence-electron chi connectivity index (χ1n) is 9.81. The Morgan fingerprint density at radius 3 is 2.75 bits per heavy atom. The molecule has 0 aliphatic carbocycles. The predicted octanol–water partition coefficient (Wildman–Crippen LogP) is 3.28. The van der Waals surface area contributed by atoms with Gasteiger partial charge in [-0.05, 0) is 45.2 Å². The van der Waals surface area contributed by atoms with Gasteiger partial charge in [0, 0.05) is 38.3 Å². The predicted molar refractivity (Wildman–Crippen MR) is 124 cm³/mol. The van der Waals surface area contributed by atoms with E-state index in [9.17, 15) is 0 Å². The molecule has 1 atom stereocenters. The molecule has 1 unspecified atom stereocenters. The van der Waals surface area contributed by atoms with Crippen LogP contribution in [-0.4, -0.2) is 48.7 Å². The van der Waals surface area contributed by atoms with Gasteiger partial charge in [-0.2, -0.15) is 0 Å². The number of nitrogens with zero attached hydrogens (tertiary/aromatic N) is 3. The third-order valence-corrected chi connectivity index (χ3v) is 5.17. The quantitative estimate of drug-likeness (QED) is 0.365. The maximum absolute atomic E-state index is 5.23. The molecule has 1 aliphatic heterocycles. The third kappa shape index (κ3) is 6.48. The summed E-state index contributed by atoms with van der Waals surface area (Å²) in [6.07, 6.45) is 3.27. The monoisotopic (exact) mass is 497 g/mol. The highest BCUT2D eigenvalue weighted by Crippen LogP contribution is 2.14. The van der Waals surface area contributed by atoms with Gasteiger partial charge in [0.25, 0.3) is 0 Å². The van der Waals surface area contributed by atoms with Gasteiger partial charge in [0.15, 0.2) is 5.96 Å². The van der Waals surface area contributed by atoms with Gasteiger partial charge < -0.3 is 15.2 Å². The Morgan fingerprint density at radius 2 is 2.07 bits per heavy atom. The summed E-state index contributed by atoms with van der Waals surface area (Å²) in [6.45, 7) is 7.97. The van der Waals surface area contributed by atoms with Crippen LogP contribution in [0.3, 0.4) is 0 Å². The highest BCUT2D eigenvalue weighted by atomic mass is 127. The van der Waals surface area contributed by atoms with E-state index in [1.165, 1.54) is 24.0 Å². The van der Waals surface area contributed by atoms with Crippen molar-refractivity contribution in [3.63, 3.8) is 0 Å². The number of aliphatic imine (C=N–C) groups is 1. The first-order chi connectivity index (χ1) is 13.2. The number of halogens is 1. The molecule has 3 rings (SSSR count). The molecule has 2 heterocycles. The molecule has 28 heavy (non-hydrogen) atoms. The zero-order chi connectivity index (χ0) is 19.1. The zero-order valence-electron chi connectivity index (χ0n) is 17.1. The van der Waals surface area contributed by atoms with Crippen molar-refractivity contribution in [2.45, 2.75) is 45.7 Å². The number of rotatable bonds is 6. The largest absolute Gasteiger partial charge is 0.361 e. The molecule has 1 fully saturated rings. The van der Waals surface area contributed by atoms with Crippen LogP contribution in [-0.2, 0) is 13.0 Å². The first-order valence-corrected chi connectivity index (χ1v) is 9.81. The molecule has 0 spiro atoms. The molecule has 0 amide bonds. The second-order valence-corrected chi connectivity index (χ2v) is 7.26. The van der Waals surface area contributed by atoms with E-state index >= 15 is 0 Å². The summed E-state index contributed by atoms with van der Waals surface area (Å²) >= 11 is 0. The summed E-state index contributed by atoms with van der Waals surface area (Å²) in [5.74, 6) is 1.77. The van der Waals surface area contributed by atoms with Crippen molar-refractivity contribution in [1.29, 1.82) is 0 Å². The number of hydrogen-bond donors (Lipinski definition) is 2. The van der Waals surface area contributed by atoms with Gasteiger partial charge in [-0.25, -0.2) is 0 Å². The lowest BCUT2D eigenvalue weighted by Crippen LogP contribution is -2.51. The maximum Gasteiger partial charge on any atom is 0.191 e. The van der Waals surface area contributed by atoms with Crippen LogP contribution in [0.1, 0.15) is 35.4 Å². The lowest BCUT2D eigenvalue weighted by Gasteiger charge is -2.34. The standard InChI is InChI=1S/C21H31N5O.HI/c1-16-20(17(2)27-25-16)11-12-23-21(22-3)24-19-10-7-13-26(15-19)14-18-8-5-4-6-9-18;/h4-6,8-9,19H,7,10-15H2,1-3H3,(H2,22,23,24);1H. The third-order valence-electron chi connectivity index (χ3n) is 5.17. The van der Waals surface area contributed by atoms with E-state index in [2.05, 4.69) is 56.0 Å². The van der Waals surface area contributed by atoms with Crippen molar-refractivity contribution in [1.82, 2.24) is 20.7 Å². The fourth-order valence-corrected chi connectivity index (χ4v) is 3.71. The molecule has 1 aromatic heterocycles. The summed E-state index contributed by atoms with van der Waals surface area (Å²) in [6, 6.07) is 11.1. The highest BCUT2D eigenvalue weighted by Gasteiger charge is 2.20. The summed E-state index contributed by atoms with van der Waals surface area (Å²) in [5.41, 5.74) is 3.53. The van der Waals surface area contributed by atoms with Crippen LogP contribution >= 0.6 is 24.0 Å². The van der Waals surface area contributed by atoms with E-state index < -0.39 is 0 Å². The Labute approximate surface area is 185 Å². The topological polar surface area (TPSA) is 65.7 Å². The van der Waals surface area contributed by atoms with Crippen molar-refractivity contribution in [3.05, 3.63) is 52.9 Å². The maximum atomic E-state index is 5.23. The molecular weight excluding hydrogens is 465 g/mol. The molecule has 1 aromatic carbocycles. The number of guanidine groups is 1. The van der Waals surface area contributed by atoms with Crippen molar-refractivity contribution in [3.8, 4) is 0 Å². The minimum absolute atomic E-state index is 0. The van der Waals surface area contributed by atoms with E-state index in [0.29, 0.717) is 6.04 Å². The van der Waals surface area contributed by atoms with Crippen molar-refractivity contribution in [2.24, 2.45) is 4.99 Å². The van der Waals surface area contributed by atoms with Gasteiger partial charge in [-0.1, -0.05) is 35.5 Å². The van der Waals surface area contributed by atoms with E-state index in [4.69, 9.17) is 4.52 Å². The molecule has 0 bridgehead atoms. The van der Waals surface area contributed by atoms with Gasteiger partial charge >= 0.3 is 0 Å². The van der Waals surface area contributed by atoms with Crippen molar-refractivity contribution >= 4 is 29.9 Å². The highest BCUT2D eigenvalue weighted by molar-refractivity contribution is 14.0. The zero-order valence-corrected chi connectivity index (χ0v) is 19.4. The first kappa shape index (κ1) is 22.7. The van der Waals surface area contributed by atoms with Gasteiger partial charge in [-0.3, -0.25) is 9.89 Å². The lowest BCUT2D eigenvalue weighted by molar-refractivity contribution is 0.192. The normalized spacial score (nSPS) is 17.8. The summed E-state index contributed by atoms with van der Waals surface area (Å²) < 4.78 is 5.23. The summed E-state index contributed by atoms with van der Waals surface area (Å²) in [4.78, 5) is 6.91. The molecule has 0 saturated carbocycles. The van der Waals surface area contributed by atoms with Crippen LogP contribution in [0, 0.1) is 13.8 Å². The van der Waals surface area contributed by atoms with Crippen LogP contribution in [0.15, 0.2) is 39.8 Å². The molecule has 154 valence electrons. The fourth-order valence-electron chi connectivity index (χ4n) is 3.71. The Kier molecular flexibility index (Phi) is 9.24. The Hall–Kier alpha value is -1.61. The molecule has 0 radical (unpaired) electrons. The van der Waals surface area contributed by atoms with Crippen LogP contribution in [0.25, 0.3) is 0 Å². The average Bonchev–Trinajstić information content (AvgIpc) is 3.00. The number of nitrogens with one attached hydrogen (secondary N) is 2. The second-order valence-electron chi connectivity index (χ2n) is 7.26. The minimum atomic E-state index is 0. The number of piperidine rings is 1. The van der Waals surface area contributed by atoms with E-state index in [1.807, 2.05) is 20.9 Å². The molecule has 6 nitrogen and oxygen atoms in total. The number of hydrogen-bond acceptors (Lipinski definition) is 4. The molecular formula is C21H32IN5O. The van der Waals surface area contributed by atoms with Crippen LogP contribution in [0.4, 0.5) is 0 Å². The van der Waals surface area contributed by atoms with Crippen LogP contribution in [0.5, 0.6) is 0 Å². The van der Waals surface area contributed by atoms with E-state index in [-0.39, 0.29) is 24.0 Å². The van der Waals surface area contributed by atoms with E-state index in [0.717, 1.165) is 50.0 Å². The second kappa shape index (κ2) is 11.4. The van der Waals surface area contributed by atoms with Crippen LogP contribution < -0.4 is 10.6 Å². The number of aromatic nitrogens is 1. The van der Waals surface area contributed by atoms with Gasteiger partial charge in [0.05, 0.1) is 5.69 Å². The fraction of sp³-hybridized carbons (Fsp3) is 0.524. The molecule has 1 aliphatic rings. The Morgan fingerprint density at radius 1 is 1.29 bits per heavy atom. The Balaban J connectivity index is 0.00000280. The molecule has 2 aromatic rings. The van der Waals surface area contributed by atoms with Crippen molar-refractivity contribution in [2.75, 3.05) is 26.7 Å². The SMILES string of the molecule is CN=C(NCCc1c(C)noc1C)NC1CCCN(Cc2ccccc2)C1.I. The molecule has 2 N–H and O–H groups in total. The van der Waals surface area contributed by atoms with Gasteiger partial charge in [0.1, 0.15) is 5.76 Å². The Bertz CT molecular complexity index is 727. The molecule has 1 saturated heterocycles. The number of benzene rings is 1. The smallest absolute Gasteiger partial charge is 0.191 e. The average molecular weight is 497 g/mol. The van der Waals surface area contributed by atoms with Gasteiger partial charge in [0.2, 0.25) is 0 Å². The van der Waals surface area contributed by atoms with E-state index in [1.54, 1.807) is 0 Å². The van der Waals surface area contributed by atoms with Gasteiger partial charge in [-0.15, -0.1) is 24.0 Å². The number of aryl methyl sites for hydroxylation is 2. The number of likely N-dealkylation sites (tertiary alicyclic amines) is 1.